The van der Waals surface area contributed by atoms with E-state index in [2.05, 4.69) is 48.7 Å². The number of rotatable bonds is 6. The molecule has 0 spiro atoms. The maximum Gasteiger partial charge on any atom is 0.407 e. The van der Waals surface area contributed by atoms with Crippen LogP contribution in [0.15, 0.2) is 42.0 Å². The molecule has 0 saturated heterocycles. The standard InChI is InChI=1S/C20H27NO2/c1-5-10-16-15(7-3)17-11-8-9-12-18(17)19(16)13-23-20(22)21-14(4)6-2/h5,8-12,14,19H,6-7,13H2,1-4H3,(H,21,22)/b10-5-/t14-,19?/m1/s1. The molecule has 2 atom stereocenters. The maximum absolute atomic E-state index is 11.9. The van der Waals surface area contributed by atoms with Crippen LogP contribution in [0.25, 0.3) is 5.57 Å². The second-order valence-electron chi connectivity index (χ2n) is 5.98. The van der Waals surface area contributed by atoms with Crippen molar-refractivity contribution in [1.29, 1.82) is 0 Å². The topological polar surface area (TPSA) is 38.3 Å². The molecule has 1 aromatic carbocycles. The summed E-state index contributed by atoms with van der Waals surface area (Å²) in [6.45, 7) is 8.60. The number of ether oxygens (including phenoxy) is 1. The van der Waals surface area contributed by atoms with Gasteiger partial charge in [0.2, 0.25) is 0 Å². The molecule has 0 saturated carbocycles. The summed E-state index contributed by atoms with van der Waals surface area (Å²) in [4.78, 5) is 11.9. The van der Waals surface area contributed by atoms with Gasteiger partial charge in [-0.3, -0.25) is 0 Å². The van der Waals surface area contributed by atoms with Crippen LogP contribution in [0, 0.1) is 0 Å². The third kappa shape index (κ3) is 3.84. The van der Waals surface area contributed by atoms with Crippen LogP contribution in [0.5, 0.6) is 0 Å². The molecule has 1 aromatic rings. The van der Waals surface area contributed by atoms with Gasteiger partial charge >= 0.3 is 6.09 Å². The molecule has 1 unspecified atom stereocenters. The molecule has 3 heteroatoms. The van der Waals surface area contributed by atoms with E-state index in [0.29, 0.717) is 6.61 Å². The second kappa shape index (κ2) is 8.00. The molecule has 2 rings (SSSR count). The minimum Gasteiger partial charge on any atom is -0.449 e. The molecule has 0 fully saturated rings. The van der Waals surface area contributed by atoms with E-state index in [1.165, 1.54) is 22.3 Å². The molecule has 0 aromatic heterocycles. The van der Waals surface area contributed by atoms with Crippen molar-refractivity contribution < 1.29 is 9.53 Å². The van der Waals surface area contributed by atoms with Gasteiger partial charge in [0.05, 0.1) is 0 Å². The van der Waals surface area contributed by atoms with Crippen LogP contribution in [0.2, 0.25) is 0 Å². The van der Waals surface area contributed by atoms with E-state index in [-0.39, 0.29) is 18.1 Å². The van der Waals surface area contributed by atoms with Gasteiger partial charge in [-0.25, -0.2) is 4.79 Å². The van der Waals surface area contributed by atoms with E-state index in [4.69, 9.17) is 4.74 Å². The SMILES string of the molecule is C/C=C\C1=C(CC)c2ccccc2C1COC(=O)N[C@H](C)CC. The van der Waals surface area contributed by atoms with Gasteiger partial charge in [-0.15, -0.1) is 0 Å². The number of carbonyl (C=O) groups is 1. The van der Waals surface area contributed by atoms with E-state index in [1.807, 2.05) is 20.8 Å². The quantitative estimate of drug-likeness (QED) is 0.798. The van der Waals surface area contributed by atoms with Gasteiger partial charge in [0.1, 0.15) is 6.61 Å². The number of hydrogen-bond acceptors (Lipinski definition) is 2. The van der Waals surface area contributed by atoms with Gasteiger partial charge in [0, 0.05) is 12.0 Å². The zero-order valence-electron chi connectivity index (χ0n) is 14.6. The van der Waals surface area contributed by atoms with Gasteiger partial charge < -0.3 is 10.1 Å². The van der Waals surface area contributed by atoms with Crippen molar-refractivity contribution in [2.45, 2.75) is 52.5 Å². The number of benzene rings is 1. The Morgan fingerprint density at radius 1 is 1.35 bits per heavy atom. The number of carbonyl (C=O) groups excluding carboxylic acids is 1. The number of allylic oxidation sites excluding steroid dienone is 3. The van der Waals surface area contributed by atoms with Crippen molar-refractivity contribution >= 4 is 11.7 Å². The van der Waals surface area contributed by atoms with Crippen molar-refractivity contribution in [2.24, 2.45) is 0 Å². The van der Waals surface area contributed by atoms with Crippen LogP contribution in [0.1, 0.15) is 57.6 Å². The van der Waals surface area contributed by atoms with E-state index in [1.54, 1.807) is 0 Å². The van der Waals surface area contributed by atoms with Crippen molar-refractivity contribution in [3.63, 3.8) is 0 Å². The highest BCUT2D eigenvalue weighted by atomic mass is 16.5. The predicted molar refractivity (Wildman–Crippen MR) is 95.4 cm³/mol. The number of nitrogens with one attached hydrogen (secondary N) is 1. The molecule has 0 heterocycles. The van der Waals surface area contributed by atoms with Crippen LogP contribution < -0.4 is 5.32 Å². The third-order valence-electron chi connectivity index (χ3n) is 4.44. The number of hydrogen-bond donors (Lipinski definition) is 1. The minimum atomic E-state index is -0.332. The van der Waals surface area contributed by atoms with Crippen LogP contribution in [0.3, 0.4) is 0 Å². The zero-order valence-corrected chi connectivity index (χ0v) is 14.6. The minimum absolute atomic E-state index is 0.125. The highest BCUT2D eigenvalue weighted by Crippen LogP contribution is 2.44. The van der Waals surface area contributed by atoms with Crippen LogP contribution in [-0.2, 0) is 4.74 Å². The molecule has 3 nitrogen and oxygen atoms in total. The van der Waals surface area contributed by atoms with Crippen LogP contribution in [0.4, 0.5) is 4.79 Å². The fourth-order valence-electron chi connectivity index (χ4n) is 3.08. The number of alkyl carbamates (subject to hydrolysis) is 1. The first-order valence-corrected chi connectivity index (χ1v) is 8.50. The first kappa shape index (κ1) is 17.3. The second-order valence-corrected chi connectivity index (χ2v) is 5.98. The molecule has 124 valence electrons. The number of fused-ring (bicyclic) bond motifs is 1. The van der Waals surface area contributed by atoms with Crippen molar-refractivity contribution in [3.8, 4) is 0 Å². The Balaban J connectivity index is 2.19. The van der Waals surface area contributed by atoms with Gasteiger partial charge in [-0.1, -0.05) is 50.3 Å². The molecular weight excluding hydrogens is 286 g/mol. The highest BCUT2D eigenvalue weighted by molar-refractivity contribution is 5.80. The Morgan fingerprint density at radius 2 is 2.09 bits per heavy atom. The maximum atomic E-state index is 11.9. The average Bonchev–Trinajstić information content (AvgIpc) is 2.86. The first-order chi connectivity index (χ1) is 11.1. The smallest absolute Gasteiger partial charge is 0.407 e. The van der Waals surface area contributed by atoms with Gasteiger partial charge in [-0.05, 0) is 49.0 Å². The molecule has 0 aliphatic heterocycles. The summed E-state index contributed by atoms with van der Waals surface area (Å²) in [7, 11) is 0. The summed E-state index contributed by atoms with van der Waals surface area (Å²) in [6, 6.07) is 8.56. The van der Waals surface area contributed by atoms with E-state index < -0.39 is 0 Å². The largest absolute Gasteiger partial charge is 0.449 e. The first-order valence-electron chi connectivity index (χ1n) is 8.50. The summed E-state index contributed by atoms with van der Waals surface area (Å²) in [6.07, 6.45) is 5.75. The van der Waals surface area contributed by atoms with Crippen molar-refractivity contribution in [1.82, 2.24) is 5.32 Å². The Hall–Kier alpha value is -2.03. The molecule has 1 aliphatic carbocycles. The fraction of sp³-hybridized carbons (Fsp3) is 0.450. The molecule has 1 aliphatic rings. The lowest BCUT2D eigenvalue weighted by Crippen LogP contribution is -2.33. The fourth-order valence-corrected chi connectivity index (χ4v) is 3.08. The molecule has 1 N–H and O–H groups in total. The Morgan fingerprint density at radius 3 is 2.74 bits per heavy atom. The van der Waals surface area contributed by atoms with Crippen LogP contribution >= 0.6 is 0 Å². The summed E-state index contributed by atoms with van der Waals surface area (Å²) in [5.41, 5.74) is 5.18. The number of amides is 1. The predicted octanol–water partition coefficient (Wildman–Crippen LogP) is 5.05. The summed E-state index contributed by atoms with van der Waals surface area (Å²) >= 11 is 0. The van der Waals surface area contributed by atoms with E-state index in [9.17, 15) is 4.79 Å². The normalized spacial score (nSPS) is 18.2. The lowest BCUT2D eigenvalue weighted by molar-refractivity contribution is 0.139. The molecule has 0 bridgehead atoms. The van der Waals surface area contributed by atoms with E-state index >= 15 is 0 Å². The Bertz CT molecular complexity index is 616. The van der Waals surface area contributed by atoms with Gasteiger partial charge in [0.15, 0.2) is 0 Å². The Labute approximate surface area is 139 Å². The van der Waals surface area contributed by atoms with Crippen LogP contribution in [-0.4, -0.2) is 18.7 Å². The zero-order chi connectivity index (χ0) is 16.8. The lowest BCUT2D eigenvalue weighted by Gasteiger charge is -2.17. The Kier molecular flexibility index (Phi) is 6.03. The lowest BCUT2D eigenvalue weighted by atomic mass is 9.96. The summed E-state index contributed by atoms with van der Waals surface area (Å²) in [5.74, 6) is 0.125. The van der Waals surface area contributed by atoms with E-state index in [0.717, 1.165) is 12.8 Å². The molecular formula is C20H27NO2. The summed E-state index contributed by atoms with van der Waals surface area (Å²) < 4.78 is 5.51. The summed E-state index contributed by atoms with van der Waals surface area (Å²) in [5, 5.41) is 2.85. The average molecular weight is 313 g/mol. The molecule has 23 heavy (non-hydrogen) atoms. The molecule has 1 amide bonds. The third-order valence-corrected chi connectivity index (χ3v) is 4.44. The molecule has 0 radical (unpaired) electrons. The van der Waals surface area contributed by atoms with Crippen molar-refractivity contribution in [3.05, 3.63) is 53.1 Å². The van der Waals surface area contributed by atoms with Crippen molar-refractivity contribution in [2.75, 3.05) is 6.61 Å². The van der Waals surface area contributed by atoms with Gasteiger partial charge in [0.25, 0.3) is 0 Å². The van der Waals surface area contributed by atoms with Gasteiger partial charge in [-0.2, -0.15) is 0 Å². The highest BCUT2D eigenvalue weighted by Gasteiger charge is 2.29. The monoisotopic (exact) mass is 313 g/mol.